The average molecular weight is 426 g/mol. The molecule has 3 rings (SSSR count). The van der Waals surface area contributed by atoms with Gasteiger partial charge in [0.05, 0.1) is 10.4 Å². The smallest absolute Gasteiger partial charge is 0.416 e. The van der Waals surface area contributed by atoms with Gasteiger partial charge in [-0.2, -0.15) is 13.2 Å². The van der Waals surface area contributed by atoms with Crippen LogP contribution in [0.4, 0.5) is 18.9 Å². The number of alkyl halides is 3. The van der Waals surface area contributed by atoms with Crippen molar-refractivity contribution in [2.24, 2.45) is 0 Å². The van der Waals surface area contributed by atoms with Crippen LogP contribution in [0.1, 0.15) is 26.4 Å². The third kappa shape index (κ3) is 5.05. The molecule has 0 saturated heterocycles. The van der Waals surface area contributed by atoms with Crippen molar-refractivity contribution in [2.45, 2.75) is 19.7 Å². The summed E-state index contributed by atoms with van der Waals surface area (Å²) in [5, 5.41) is 5.04. The van der Waals surface area contributed by atoms with E-state index >= 15 is 0 Å². The molecule has 0 fully saturated rings. The molecule has 1 amide bonds. The number of halogens is 4. The van der Waals surface area contributed by atoms with E-state index in [0.717, 1.165) is 23.3 Å². The molecule has 0 bridgehead atoms. The summed E-state index contributed by atoms with van der Waals surface area (Å²) in [6.45, 7) is 2.16. The largest absolute Gasteiger partial charge is 0.489 e. The maximum atomic E-state index is 12.6. The maximum absolute atomic E-state index is 12.6. The first-order valence-electron chi connectivity index (χ1n) is 8.17. The predicted octanol–water partition coefficient (Wildman–Crippen LogP) is 6.56. The molecule has 0 unspecified atom stereocenters. The van der Waals surface area contributed by atoms with Gasteiger partial charge >= 0.3 is 6.18 Å². The Morgan fingerprint density at radius 3 is 2.50 bits per heavy atom. The van der Waals surface area contributed by atoms with Crippen LogP contribution in [0.15, 0.2) is 53.9 Å². The summed E-state index contributed by atoms with van der Waals surface area (Å²) in [6, 6.07) is 11.3. The minimum absolute atomic E-state index is 0.283. The van der Waals surface area contributed by atoms with Crippen LogP contribution < -0.4 is 10.1 Å². The van der Waals surface area contributed by atoms with E-state index in [2.05, 4.69) is 5.32 Å². The van der Waals surface area contributed by atoms with E-state index in [1.165, 1.54) is 23.5 Å². The SMILES string of the molecule is Cc1cc(OCc2csc(C(=O)Nc3ccc(C(F)(F)F)cc3)c2)ccc1Cl. The topological polar surface area (TPSA) is 38.3 Å². The van der Waals surface area contributed by atoms with Gasteiger partial charge in [0.1, 0.15) is 12.4 Å². The van der Waals surface area contributed by atoms with Gasteiger partial charge in [0.15, 0.2) is 0 Å². The molecule has 0 aliphatic heterocycles. The second kappa shape index (κ2) is 8.24. The van der Waals surface area contributed by atoms with Crippen LogP contribution in [-0.4, -0.2) is 5.91 Å². The van der Waals surface area contributed by atoms with Crippen LogP contribution in [-0.2, 0) is 12.8 Å². The number of aryl methyl sites for hydroxylation is 1. The summed E-state index contributed by atoms with van der Waals surface area (Å²) >= 11 is 7.21. The van der Waals surface area contributed by atoms with Gasteiger partial charge in [-0.3, -0.25) is 4.79 Å². The molecule has 2 aromatic carbocycles. The number of rotatable bonds is 5. The summed E-state index contributed by atoms with van der Waals surface area (Å²) in [5.41, 5.74) is 1.25. The van der Waals surface area contributed by atoms with Crippen LogP contribution in [0.5, 0.6) is 5.75 Å². The lowest BCUT2D eigenvalue weighted by Crippen LogP contribution is -2.11. The Morgan fingerprint density at radius 1 is 1.14 bits per heavy atom. The normalized spacial score (nSPS) is 11.3. The molecule has 3 nitrogen and oxygen atoms in total. The summed E-state index contributed by atoms with van der Waals surface area (Å²) in [5.74, 6) is 0.280. The zero-order chi connectivity index (χ0) is 20.3. The van der Waals surface area contributed by atoms with Gasteiger partial charge in [-0.1, -0.05) is 11.6 Å². The van der Waals surface area contributed by atoms with Crippen LogP contribution in [0.2, 0.25) is 5.02 Å². The van der Waals surface area contributed by atoms with Crippen molar-refractivity contribution in [2.75, 3.05) is 5.32 Å². The van der Waals surface area contributed by atoms with Crippen molar-refractivity contribution in [1.29, 1.82) is 0 Å². The van der Waals surface area contributed by atoms with Crippen LogP contribution >= 0.6 is 22.9 Å². The van der Waals surface area contributed by atoms with Gasteiger partial charge in [0, 0.05) is 16.3 Å². The molecule has 0 atom stereocenters. The van der Waals surface area contributed by atoms with Crippen molar-refractivity contribution >= 4 is 34.5 Å². The van der Waals surface area contributed by atoms with E-state index in [4.69, 9.17) is 16.3 Å². The zero-order valence-electron chi connectivity index (χ0n) is 14.6. The molecule has 0 saturated carbocycles. The first-order chi connectivity index (χ1) is 13.2. The molecule has 28 heavy (non-hydrogen) atoms. The summed E-state index contributed by atoms with van der Waals surface area (Å²) in [6.07, 6.45) is -4.41. The van der Waals surface area contributed by atoms with Gasteiger partial charge in [0.25, 0.3) is 5.91 Å². The van der Waals surface area contributed by atoms with E-state index in [9.17, 15) is 18.0 Å². The highest BCUT2D eigenvalue weighted by Crippen LogP contribution is 2.30. The van der Waals surface area contributed by atoms with Gasteiger partial charge in [-0.25, -0.2) is 0 Å². The van der Waals surface area contributed by atoms with Crippen LogP contribution in [0.3, 0.4) is 0 Å². The number of thiophene rings is 1. The number of carbonyl (C=O) groups is 1. The lowest BCUT2D eigenvalue weighted by molar-refractivity contribution is -0.137. The number of ether oxygens (including phenoxy) is 1. The fourth-order valence-electron chi connectivity index (χ4n) is 2.38. The Kier molecular flexibility index (Phi) is 5.96. The first-order valence-corrected chi connectivity index (χ1v) is 9.43. The van der Waals surface area contributed by atoms with Gasteiger partial charge < -0.3 is 10.1 Å². The summed E-state index contributed by atoms with van der Waals surface area (Å²) < 4.78 is 43.4. The van der Waals surface area contributed by atoms with Crippen molar-refractivity contribution in [3.05, 3.63) is 80.5 Å². The summed E-state index contributed by atoms with van der Waals surface area (Å²) in [7, 11) is 0. The predicted molar refractivity (Wildman–Crippen MR) is 104 cm³/mol. The van der Waals surface area contributed by atoms with Crippen molar-refractivity contribution in [3.63, 3.8) is 0 Å². The highest BCUT2D eigenvalue weighted by atomic mass is 35.5. The molecular formula is C20H15ClF3NO2S. The molecule has 1 N–H and O–H groups in total. The fraction of sp³-hybridized carbons (Fsp3) is 0.150. The monoisotopic (exact) mass is 425 g/mol. The van der Waals surface area contributed by atoms with Crippen molar-refractivity contribution in [1.82, 2.24) is 0 Å². The lowest BCUT2D eigenvalue weighted by atomic mass is 10.2. The molecule has 146 valence electrons. The number of carbonyl (C=O) groups excluding carboxylic acids is 1. The Balaban J connectivity index is 1.59. The second-order valence-electron chi connectivity index (χ2n) is 6.05. The van der Waals surface area contributed by atoms with E-state index in [1.54, 1.807) is 23.6 Å². The fourth-order valence-corrected chi connectivity index (χ4v) is 3.29. The molecule has 8 heteroatoms. The number of nitrogens with one attached hydrogen (secondary N) is 1. The van der Waals surface area contributed by atoms with Crippen LogP contribution in [0, 0.1) is 6.92 Å². The average Bonchev–Trinajstić information content (AvgIpc) is 3.12. The highest BCUT2D eigenvalue weighted by molar-refractivity contribution is 7.12. The van der Waals surface area contributed by atoms with Crippen molar-refractivity contribution in [3.8, 4) is 5.75 Å². The number of benzene rings is 2. The third-order valence-electron chi connectivity index (χ3n) is 3.88. The molecule has 0 radical (unpaired) electrons. The standard InChI is InChI=1S/C20H15ClF3NO2S/c1-12-8-16(6-7-17(12)21)27-10-13-9-18(28-11-13)19(26)25-15-4-2-14(3-5-15)20(22,23)24/h2-9,11H,10H2,1H3,(H,25,26). The third-order valence-corrected chi connectivity index (χ3v) is 5.28. The Morgan fingerprint density at radius 2 is 1.86 bits per heavy atom. The van der Waals surface area contributed by atoms with Crippen molar-refractivity contribution < 1.29 is 22.7 Å². The molecule has 1 aromatic heterocycles. The number of hydrogen-bond donors (Lipinski definition) is 1. The quantitative estimate of drug-likeness (QED) is 0.502. The highest BCUT2D eigenvalue weighted by Gasteiger charge is 2.30. The minimum Gasteiger partial charge on any atom is -0.489 e. The van der Waals surface area contributed by atoms with E-state index in [-0.39, 0.29) is 6.61 Å². The van der Waals surface area contributed by atoms with E-state index in [1.807, 2.05) is 13.0 Å². The molecule has 0 aliphatic carbocycles. The van der Waals surface area contributed by atoms with Gasteiger partial charge in [-0.05, 0) is 66.4 Å². The summed E-state index contributed by atoms with van der Waals surface area (Å²) in [4.78, 5) is 12.7. The van der Waals surface area contributed by atoms with E-state index < -0.39 is 17.6 Å². The lowest BCUT2D eigenvalue weighted by Gasteiger charge is -2.08. The Hall–Kier alpha value is -2.51. The first kappa shape index (κ1) is 20.2. The molecule has 0 aliphatic rings. The zero-order valence-corrected chi connectivity index (χ0v) is 16.2. The maximum Gasteiger partial charge on any atom is 0.416 e. The molecule has 0 spiro atoms. The minimum atomic E-state index is -4.41. The number of amides is 1. The molecule has 1 heterocycles. The number of hydrogen-bond acceptors (Lipinski definition) is 3. The molecule has 3 aromatic rings. The van der Waals surface area contributed by atoms with Gasteiger partial charge in [-0.15, -0.1) is 11.3 Å². The number of anilines is 1. The second-order valence-corrected chi connectivity index (χ2v) is 7.37. The van der Waals surface area contributed by atoms with E-state index in [0.29, 0.717) is 21.3 Å². The van der Waals surface area contributed by atoms with Crippen LogP contribution in [0.25, 0.3) is 0 Å². The Bertz CT molecular complexity index is 984. The van der Waals surface area contributed by atoms with Gasteiger partial charge in [0.2, 0.25) is 0 Å². The molecular weight excluding hydrogens is 411 g/mol. The Labute approximate surface area is 168 Å².